The van der Waals surface area contributed by atoms with Crippen molar-refractivity contribution >= 4 is 13.8 Å². The Morgan fingerprint density at radius 2 is 2.32 bits per heavy atom. The van der Waals surface area contributed by atoms with Crippen LogP contribution in [-0.4, -0.2) is 18.8 Å². The second-order valence-corrected chi connectivity index (χ2v) is 4.38. The van der Waals surface area contributed by atoms with E-state index < -0.39 is 11.4 Å². The molecule has 1 rings (SSSR count). The van der Waals surface area contributed by atoms with Crippen LogP contribution in [0.25, 0.3) is 0 Å². The molecule has 1 aromatic heterocycles. The molecule has 1 heterocycles. The molecule has 0 aromatic carbocycles. The summed E-state index contributed by atoms with van der Waals surface area (Å²) >= 11 is 0. The van der Waals surface area contributed by atoms with Crippen LogP contribution in [0.15, 0.2) is 47.6 Å². The number of hydrogen-bond donors (Lipinski definition) is 2. The summed E-state index contributed by atoms with van der Waals surface area (Å²) in [5.41, 5.74) is 5.45. The van der Waals surface area contributed by atoms with E-state index in [2.05, 4.69) is 21.9 Å². The molecule has 19 heavy (non-hydrogen) atoms. The number of rotatable bonds is 4. The third-order valence-corrected chi connectivity index (χ3v) is 2.36. The lowest BCUT2D eigenvalue weighted by Crippen LogP contribution is -2.32. The molecule has 0 spiro atoms. The third kappa shape index (κ3) is 4.24. The lowest BCUT2D eigenvalue weighted by molar-refractivity contribution is 0.483. The van der Waals surface area contributed by atoms with E-state index in [1.54, 1.807) is 13.8 Å². The Bertz CT molecular complexity index is 523. The van der Waals surface area contributed by atoms with Gasteiger partial charge in [-0.25, -0.2) is 9.38 Å². The van der Waals surface area contributed by atoms with Gasteiger partial charge in [0.15, 0.2) is 5.96 Å². The van der Waals surface area contributed by atoms with Crippen LogP contribution in [-0.2, 0) is 5.54 Å². The number of allylic oxidation sites excluding steroid dienone is 2. The Kier molecular flexibility index (Phi) is 4.86. The summed E-state index contributed by atoms with van der Waals surface area (Å²) in [6.07, 6.45) is 4.43. The van der Waals surface area contributed by atoms with E-state index >= 15 is 0 Å². The van der Waals surface area contributed by atoms with Crippen LogP contribution in [0.4, 0.5) is 4.39 Å². The van der Waals surface area contributed by atoms with Crippen molar-refractivity contribution < 1.29 is 4.39 Å². The van der Waals surface area contributed by atoms with Gasteiger partial charge in [0.05, 0.1) is 0 Å². The Morgan fingerprint density at radius 1 is 1.63 bits per heavy atom. The van der Waals surface area contributed by atoms with E-state index in [0.717, 1.165) is 0 Å². The normalized spacial score (nSPS) is 13.2. The zero-order valence-electron chi connectivity index (χ0n) is 11.0. The number of aromatic nitrogens is 1. The maximum Gasteiger partial charge on any atom is 0.193 e. The van der Waals surface area contributed by atoms with Gasteiger partial charge < -0.3 is 11.1 Å². The van der Waals surface area contributed by atoms with Gasteiger partial charge in [0.25, 0.3) is 0 Å². The topological polar surface area (TPSA) is 63.3 Å². The Labute approximate surface area is 113 Å². The molecule has 0 aliphatic rings. The molecule has 0 bridgehead atoms. The first-order chi connectivity index (χ1) is 8.86. The van der Waals surface area contributed by atoms with E-state index in [4.69, 9.17) is 13.6 Å². The van der Waals surface area contributed by atoms with Crippen LogP contribution in [0.2, 0.25) is 0 Å². The third-order valence-electron chi connectivity index (χ3n) is 2.36. The highest BCUT2D eigenvalue weighted by Gasteiger charge is 2.25. The van der Waals surface area contributed by atoms with Crippen LogP contribution in [0.1, 0.15) is 19.5 Å². The SMILES string of the molecule is [B]/C(C=C)=C/NC(N)=NC(C)(C)c1ncccc1F. The van der Waals surface area contributed by atoms with Crippen molar-refractivity contribution in [1.29, 1.82) is 0 Å². The fourth-order valence-electron chi connectivity index (χ4n) is 1.44. The average Bonchev–Trinajstić information content (AvgIpc) is 2.35. The van der Waals surface area contributed by atoms with Crippen molar-refractivity contribution in [2.45, 2.75) is 19.4 Å². The van der Waals surface area contributed by atoms with Gasteiger partial charge in [-0.05, 0) is 32.2 Å². The number of pyridine rings is 1. The second-order valence-electron chi connectivity index (χ2n) is 4.38. The quantitative estimate of drug-likeness (QED) is 0.373. The van der Waals surface area contributed by atoms with Crippen molar-refractivity contribution in [3.63, 3.8) is 0 Å². The molecule has 3 N–H and O–H groups in total. The number of nitrogens with one attached hydrogen (secondary N) is 1. The van der Waals surface area contributed by atoms with Gasteiger partial charge in [-0.15, -0.1) is 0 Å². The van der Waals surface area contributed by atoms with Gasteiger partial charge >= 0.3 is 0 Å². The predicted octanol–water partition coefficient (Wildman–Crippen LogP) is 1.56. The molecule has 0 unspecified atom stereocenters. The van der Waals surface area contributed by atoms with Crippen LogP contribution in [0, 0.1) is 5.82 Å². The van der Waals surface area contributed by atoms with Crippen LogP contribution >= 0.6 is 0 Å². The van der Waals surface area contributed by atoms with Crippen molar-refractivity contribution in [3.05, 3.63) is 54.2 Å². The summed E-state index contributed by atoms with van der Waals surface area (Å²) < 4.78 is 13.7. The largest absolute Gasteiger partial charge is 0.370 e. The Balaban J connectivity index is 2.95. The van der Waals surface area contributed by atoms with E-state index in [1.165, 1.54) is 30.6 Å². The number of halogens is 1. The van der Waals surface area contributed by atoms with Gasteiger partial charge in [0, 0.05) is 6.20 Å². The fourth-order valence-corrected chi connectivity index (χ4v) is 1.44. The smallest absolute Gasteiger partial charge is 0.193 e. The second kappa shape index (κ2) is 6.18. The van der Waals surface area contributed by atoms with Gasteiger partial charge in [0.2, 0.25) is 0 Å². The first-order valence-electron chi connectivity index (χ1n) is 5.67. The molecule has 0 atom stereocenters. The number of aliphatic imine (C=N–C) groups is 1. The molecule has 0 aliphatic heterocycles. The Hall–Kier alpha value is -2.11. The molecule has 0 saturated carbocycles. The summed E-state index contributed by atoms with van der Waals surface area (Å²) in [6.45, 7) is 6.93. The van der Waals surface area contributed by atoms with Crippen LogP contribution in [0.5, 0.6) is 0 Å². The maximum absolute atomic E-state index is 13.7. The highest BCUT2D eigenvalue weighted by Crippen LogP contribution is 2.24. The van der Waals surface area contributed by atoms with E-state index in [0.29, 0.717) is 5.47 Å². The Morgan fingerprint density at radius 3 is 2.89 bits per heavy atom. The lowest BCUT2D eigenvalue weighted by Gasteiger charge is -2.20. The molecule has 1 aromatic rings. The number of nitrogens with zero attached hydrogens (tertiary/aromatic N) is 2. The monoisotopic (exact) mass is 258 g/mol. The summed E-state index contributed by atoms with van der Waals surface area (Å²) in [4.78, 5) is 8.19. The zero-order valence-corrected chi connectivity index (χ0v) is 11.0. The minimum absolute atomic E-state index is 0.111. The minimum atomic E-state index is -0.890. The standard InChI is InChI=1S/C13H16BFN4/c1-4-9(14)8-18-12(16)19-13(2,3)11-10(15)6-5-7-17-11/h4-8H,1H2,2-3H3,(H3,16,18,19)/b9-8+. The zero-order chi connectivity index (χ0) is 14.5. The molecule has 2 radical (unpaired) electrons. The van der Waals surface area contributed by atoms with Crippen molar-refractivity contribution in [3.8, 4) is 0 Å². The molecular weight excluding hydrogens is 242 g/mol. The minimum Gasteiger partial charge on any atom is -0.370 e. The van der Waals surface area contributed by atoms with Gasteiger partial charge in [-0.2, -0.15) is 0 Å². The van der Waals surface area contributed by atoms with Crippen molar-refractivity contribution in [2.75, 3.05) is 0 Å². The van der Waals surface area contributed by atoms with Gasteiger partial charge in [-0.1, -0.05) is 18.1 Å². The number of nitrogens with two attached hydrogens (primary N) is 1. The highest BCUT2D eigenvalue weighted by molar-refractivity contribution is 6.23. The first kappa shape index (κ1) is 15.0. The molecule has 4 nitrogen and oxygen atoms in total. The highest BCUT2D eigenvalue weighted by atomic mass is 19.1. The van der Waals surface area contributed by atoms with Gasteiger partial charge in [-0.3, -0.25) is 4.98 Å². The van der Waals surface area contributed by atoms with Gasteiger partial charge in [0.1, 0.15) is 24.9 Å². The lowest BCUT2D eigenvalue weighted by atomic mass is 9.97. The van der Waals surface area contributed by atoms with Crippen molar-refractivity contribution in [1.82, 2.24) is 10.3 Å². The maximum atomic E-state index is 13.7. The molecular formula is C13H16BFN4. The van der Waals surface area contributed by atoms with Crippen LogP contribution in [0.3, 0.4) is 0 Å². The van der Waals surface area contributed by atoms with E-state index in [9.17, 15) is 4.39 Å². The summed E-state index contributed by atoms with van der Waals surface area (Å²) in [5.74, 6) is -0.315. The molecule has 0 fully saturated rings. The molecule has 6 heteroatoms. The first-order valence-corrected chi connectivity index (χ1v) is 5.67. The van der Waals surface area contributed by atoms with Crippen molar-refractivity contribution in [2.24, 2.45) is 10.7 Å². The molecule has 0 aliphatic carbocycles. The number of guanidine groups is 1. The molecule has 0 amide bonds. The number of hydrogen-bond acceptors (Lipinski definition) is 2. The summed E-state index contributed by atoms with van der Waals surface area (Å²) in [6, 6.07) is 2.85. The average molecular weight is 258 g/mol. The summed E-state index contributed by atoms with van der Waals surface area (Å²) in [5, 5.41) is 2.70. The van der Waals surface area contributed by atoms with Crippen LogP contribution < -0.4 is 11.1 Å². The van der Waals surface area contributed by atoms with E-state index in [1.807, 2.05) is 0 Å². The molecule has 0 saturated heterocycles. The van der Waals surface area contributed by atoms with E-state index in [-0.39, 0.29) is 11.7 Å². The predicted molar refractivity (Wildman–Crippen MR) is 76.0 cm³/mol. The summed E-state index contributed by atoms with van der Waals surface area (Å²) in [7, 11) is 5.52. The molecule has 98 valence electrons. The fraction of sp³-hybridized carbons (Fsp3) is 0.231.